The summed E-state index contributed by atoms with van der Waals surface area (Å²) in [5.74, 6) is -2.84. The number of hydrogen-bond acceptors (Lipinski definition) is 18. The summed E-state index contributed by atoms with van der Waals surface area (Å²) in [6, 6.07) is 52.5. The zero-order valence-electron chi connectivity index (χ0n) is 48.5. The summed E-state index contributed by atoms with van der Waals surface area (Å²) in [5, 5.41) is 0. The van der Waals surface area contributed by atoms with E-state index in [4.69, 9.17) is 66.3 Å². The highest BCUT2D eigenvalue weighted by atomic mass is 16.8. The van der Waals surface area contributed by atoms with Crippen molar-refractivity contribution in [1.82, 2.24) is 4.90 Å². The van der Waals surface area contributed by atoms with Gasteiger partial charge in [0.2, 0.25) is 0 Å². The number of amides is 2. The van der Waals surface area contributed by atoms with E-state index in [0.717, 1.165) is 27.2 Å². The topological polar surface area (TPSA) is 201 Å². The summed E-state index contributed by atoms with van der Waals surface area (Å²) in [5.41, 5.74) is 4.36. The minimum absolute atomic E-state index is 0.0472. The molecule has 0 spiro atoms. The molecule has 5 heterocycles. The van der Waals surface area contributed by atoms with E-state index in [2.05, 4.69) is 6.58 Å². The van der Waals surface area contributed by atoms with Gasteiger partial charge in [-0.25, -0.2) is 0 Å². The largest absolute Gasteiger partial charge is 0.455 e. The van der Waals surface area contributed by atoms with Crippen molar-refractivity contribution in [1.29, 1.82) is 0 Å². The lowest BCUT2D eigenvalue weighted by Gasteiger charge is -2.53. The Bertz CT molecular complexity index is 3180. The Morgan fingerprint density at radius 2 is 1.00 bits per heavy atom. The van der Waals surface area contributed by atoms with E-state index in [0.29, 0.717) is 5.56 Å². The van der Waals surface area contributed by atoms with Crippen LogP contribution in [-0.4, -0.2) is 141 Å². The fourth-order valence-corrected chi connectivity index (χ4v) is 11.6. The Balaban J connectivity index is 1.04. The SMILES string of the molecule is C=CCO[C@@H]1O[C@H](COCc2ccccc2)[C@@H](O[C@@H]2O[C@@H]3CO[C@H](c4ccccc4)O[C@@H]3[C@H](OC(C)=O)[C@H]2OC(C)=O)[C@H](O[C@@H]2O[C@@H](C)[C@@H](OCc3ccccc3)[C@@H](OCc3ccccc3)[C@@H]2OCc2ccccc2)[C@H]1N1C(=O)c2ccccc2C1=O. The molecule has 4 saturated heterocycles. The molecule has 5 aliphatic rings. The Morgan fingerprint density at radius 1 is 0.517 bits per heavy atom. The van der Waals surface area contributed by atoms with Crippen LogP contribution in [0.1, 0.15) is 75.6 Å². The smallest absolute Gasteiger partial charge is 0.303 e. The van der Waals surface area contributed by atoms with Crippen molar-refractivity contribution in [3.63, 3.8) is 0 Å². The van der Waals surface area contributed by atoms with Crippen LogP contribution < -0.4 is 0 Å². The van der Waals surface area contributed by atoms with Gasteiger partial charge in [0.15, 0.2) is 37.4 Å². The average molecular weight is 1190 g/mol. The van der Waals surface area contributed by atoms with Gasteiger partial charge in [-0.15, -0.1) is 6.58 Å². The average Bonchev–Trinajstić information content (AvgIpc) is 1.81. The second kappa shape index (κ2) is 29.1. The van der Waals surface area contributed by atoms with Crippen LogP contribution >= 0.6 is 0 Å². The maximum atomic E-state index is 15.2. The number of esters is 2. The molecule has 0 N–H and O–H groups in total. The van der Waals surface area contributed by atoms with E-state index in [1.54, 1.807) is 24.3 Å². The first kappa shape index (κ1) is 61.3. The molecular formula is C68H71NO18. The third kappa shape index (κ3) is 14.6. The monoisotopic (exact) mass is 1190 g/mol. The molecule has 5 aliphatic heterocycles. The van der Waals surface area contributed by atoms with Crippen molar-refractivity contribution in [2.24, 2.45) is 0 Å². The molecule has 6 aromatic rings. The van der Waals surface area contributed by atoms with Crippen molar-refractivity contribution in [3.05, 3.63) is 228 Å². The first-order chi connectivity index (χ1) is 42.5. The van der Waals surface area contributed by atoms with Crippen LogP contribution in [0, 0.1) is 0 Å². The molecule has 0 radical (unpaired) electrons. The van der Waals surface area contributed by atoms with E-state index >= 15 is 9.59 Å². The summed E-state index contributed by atoms with van der Waals surface area (Å²) in [7, 11) is 0. The number of carbonyl (C=O) groups is 4. The summed E-state index contributed by atoms with van der Waals surface area (Å²) in [6.07, 6.45) is -16.8. The molecule has 19 heteroatoms. The van der Waals surface area contributed by atoms with Crippen LogP contribution in [0.15, 0.2) is 189 Å². The van der Waals surface area contributed by atoms with Crippen LogP contribution in [0.2, 0.25) is 0 Å². The van der Waals surface area contributed by atoms with Gasteiger partial charge in [-0.3, -0.25) is 24.1 Å². The molecule has 0 aromatic heterocycles. The summed E-state index contributed by atoms with van der Waals surface area (Å²) in [6.45, 7) is 8.21. The van der Waals surface area contributed by atoms with Crippen molar-refractivity contribution in [2.45, 2.75) is 146 Å². The van der Waals surface area contributed by atoms with Crippen LogP contribution in [-0.2, 0) is 102 Å². The second-order valence-corrected chi connectivity index (χ2v) is 21.7. The summed E-state index contributed by atoms with van der Waals surface area (Å²) < 4.78 is 94.7. The van der Waals surface area contributed by atoms with Crippen LogP contribution in [0.5, 0.6) is 0 Å². The van der Waals surface area contributed by atoms with Crippen LogP contribution in [0.3, 0.4) is 0 Å². The Morgan fingerprint density at radius 3 is 1.55 bits per heavy atom. The van der Waals surface area contributed by atoms with Crippen LogP contribution in [0.4, 0.5) is 0 Å². The number of benzene rings is 6. The van der Waals surface area contributed by atoms with Gasteiger partial charge in [0.05, 0.1) is 63.5 Å². The van der Waals surface area contributed by atoms with Gasteiger partial charge in [0.1, 0.15) is 54.9 Å². The standard InChI is InChI=1S/C68H71NO18/c1-5-35-75-66-54(69-63(72)50-33-21-22-34-51(50)64(69)73)58(87-67-61(78-39-48-29-17-9-18-30-48)59(77-38-47-27-15-8-16-28-47)55(42(2)80-67)76-37-46-25-13-7-14-26-46)56(52(83-66)40-74-36-45-23-11-6-12-24-45)86-68-62(82-44(4)71)60(81-43(3)70)57-53(84-68)41-79-65(85-57)49-31-19-10-20-32-49/h5-34,42,52-62,65-68H,1,35-41H2,2-4H3/t42-,52+,53+,54+,55+,56+,57-,58+,59+,60-,61-,62+,65-,66+,67-,68-/m0/s1. The number of hydrogen-bond donors (Lipinski definition) is 0. The third-order valence-electron chi connectivity index (χ3n) is 15.6. The van der Waals surface area contributed by atoms with Crippen molar-refractivity contribution >= 4 is 23.8 Å². The molecule has 0 bridgehead atoms. The minimum Gasteiger partial charge on any atom is -0.455 e. The molecule has 0 saturated carbocycles. The Hall–Kier alpha value is -7.34. The number of nitrogens with zero attached hydrogens (tertiary/aromatic N) is 1. The van der Waals surface area contributed by atoms with E-state index in [-0.39, 0.29) is 57.4 Å². The fourth-order valence-electron chi connectivity index (χ4n) is 11.6. The maximum absolute atomic E-state index is 15.2. The molecule has 6 aromatic carbocycles. The molecule has 456 valence electrons. The quantitative estimate of drug-likeness (QED) is 0.0316. The van der Waals surface area contributed by atoms with Gasteiger partial charge >= 0.3 is 11.9 Å². The van der Waals surface area contributed by atoms with Crippen LogP contribution in [0.25, 0.3) is 0 Å². The summed E-state index contributed by atoms with van der Waals surface area (Å²) >= 11 is 0. The Labute approximate surface area is 505 Å². The van der Waals surface area contributed by atoms with Gasteiger partial charge in [-0.1, -0.05) is 170 Å². The lowest BCUT2D eigenvalue weighted by molar-refractivity contribution is -0.396. The van der Waals surface area contributed by atoms with Crippen molar-refractivity contribution in [2.75, 3.05) is 19.8 Å². The molecule has 11 rings (SSSR count). The minimum atomic E-state index is -1.64. The van der Waals surface area contributed by atoms with Crippen molar-refractivity contribution in [3.8, 4) is 0 Å². The van der Waals surface area contributed by atoms with Gasteiger partial charge in [0, 0.05) is 19.4 Å². The number of imide groups is 1. The molecule has 0 unspecified atom stereocenters. The third-order valence-corrected chi connectivity index (χ3v) is 15.6. The lowest BCUT2D eigenvalue weighted by atomic mass is 9.93. The number of rotatable bonds is 24. The molecule has 19 nitrogen and oxygen atoms in total. The first-order valence-electron chi connectivity index (χ1n) is 29.2. The Kier molecular flexibility index (Phi) is 20.5. The van der Waals surface area contributed by atoms with Gasteiger partial charge < -0.3 is 66.3 Å². The summed E-state index contributed by atoms with van der Waals surface area (Å²) in [4.78, 5) is 58.1. The van der Waals surface area contributed by atoms with Crippen molar-refractivity contribution < 1.29 is 85.5 Å². The predicted molar refractivity (Wildman–Crippen MR) is 311 cm³/mol. The highest BCUT2D eigenvalue weighted by molar-refractivity contribution is 6.21. The molecule has 2 amide bonds. The molecule has 4 fully saturated rings. The highest BCUT2D eigenvalue weighted by Crippen LogP contribution is 2.43. The molecule has 16 atom stereocenters. The molecular weight excluding hydrogens is 1120 g/mol. The first-order valence-corrected chi connectivity index (χ1v) is 29.2. The highest BCUT2D eigenvalue weighted by Gasteiger charge is 2.61. The van der Waals surface area contributed by atoms with E-state index in [1.807, 2.05) is 159 Å². The molecule has 87 heavy (non-hydrogen) atoms. The number of fused-ring (bicyclic) bond motifs is 2. The molecule has 0 aliphatic carbocycles. The maximum Gasteiger partial charge on any atom is 0.303 e. The zero-order valence-corrected chi connectivity index (χ0v) is 48.5. The number of ether oxygens (including phenoxy) is 14. The zero-order chi connectivity index (χ0) is 60.2. The van der Waals surface area contributed by atoms with E-state index in [1.165, 1.54) is 19.9 Å². The van der Waals surface area contributed by atoms with Gasteiger partial charge in [0.25, 0.3) is 11.8 Å². The van der Waals surface area contributed by atoms with Gasteiger partial charge in [-0.05, 0) is 41.3 Å². The lowest BCUT2D eigenvalue weighted by Crippen LogP contribution is -2.71. The fraction of sp³-hybridized carbons (Fsp3) is 0.382. The predicted octanol–water partition coefficient (Wildman–Crippen LogP) is 8.77. The second-order valence-electron chi connectivity index (χ2n) is 21.7. The normalized spacial score (nSPS) is 29.6. The van der Waals surface area contributed by atoms with E-state index < -0.39 is 122 Å². The van der Waals surface area contributed by atoms with Gasteiger partial charge in [-0.2, -0.15) is 0 Å². The van der Waals surface area contributed by atoms with E-state index in [9.17, 15) is 9.59 Å². The number of carbonyl (C=O) groups excluding carboxylic acids is 4.